The largest absolute Gasteiger partial charge is 0.375 e. The molecular formula is C9H21NO2S. The minimum atomic E-state index is -0.0370. The Morgan fingerprint density at radius 1 is 1.23 bits per heavy atom. The van der Waals surface area contributed by atoms with E-state index < -0.39 is 0 Å². The fourth-order valence-electron chi connectivity index (χ4n) is 0.518. The molecule has 0 bridgehead atoms. The minimum Gasteiger partial charge on any atom is -0.375 e. The van der Waals surface area contributed by atoms with Gasteiger partial charge in [-0.05, 0) is 20.8 Å². The van der Waals surface area contributed by atoms with Crippen LogP contribution in [0, 0.1) is 0 Å². The molecule has 80 valence electrons. The van der Waals surface area contributed by atoms with Crippen LogP contribution in [-0.2, 0) is 9.47 Å². The lowest BCUT2D eigenvalue weighted by molar-refractivity contribution is -0.123. The van der Waals surface area contributed by atoms with Crippen molar-refractivity contribution in [1.82, 2.24) is 4.90 Å². The molecule has 0 heterocycles. The van der Waals surface area contributed by atoms with Crippen molar-refractivity contribution in [2.45, 2.75) is 27.1 Å². The number of hydrogen-bond donors (Lipinski definition) is 0. The van der Waals surface area contributed by atoms with Gasteiger partial charge in [-0.25, -0.2) is 0 Å². The van der Waals surface area contributed by atoms with Gasteiger partial charge in [0.05, 0.1) is 5.49 Å². The Morgan fingerprint density at radius 2 is 1.54 bits per heavy atom. The first kappa shape index (κ1) is 15.3. The molecule has 0 aliphatic heterocycles. The third-order valence-electron chi connectivity index (χ3n) is 1.01. The van der Waals surface area contributed by atoms with E-state index in [-0.39, 0.29) is 6.29 Å². The summed E-state index contributed by atoms with van der Waals surface area (Å²) in [6.07, 6.45) is -0.0370. The Bertz CT molecular complexity index is 104. The van der Waals surface area contributed by atoms with Crippen LogP contribution >= 0.6 is 12.2 Å². The molecule has 0 spiro atoms. The van der Waals surface area contributed by atoms with E-state index in [2.05, 4.69) is 12.2 Å². The van der Waals surface area contributed by atoms with Gasteiger partial charge in [-0.2, -0.15) is 0 Å². The van der Waals surface area contributed by atoms with Gasteiger partial charge in [0.1, 0.15) is 0 Å². The monoisotopic (exact) mass is 207 g/mol. The van der Waals surface area contributed by atoms with Gasteiger partial charge in [0.2, 0.25) is 0 Å². The third kappa shape index (κ3) is 18.6. The van der Waals surface area contributed by atoms with Crippen LogP contribution in [0.1, 0.15) is 20.8 Å². The predicted molar refractivity (Wildman–Crippen MR) is 60.1 cm³/mol. The minimum absolute atomic E-state index is 0.0370. The summed E-state index contributed by atoms with van der Waals surface area (Å²) in [5.74, 6) is 0. The van der Waals surface area contributed by atoms with E-state index in [0.717, 1.165) is 13.2 Å². The van der Waals surface area contributed by atoms with E-state index in [0.29, 0.717) is 0 Å². The molecule has 0 fully saturated rings. The molecule has 0 saturated carbocycles. The highest BCUT2D eigenvalue weighted by molar-refractivity contribution is 7.78. The number of hydrogen-bond acceptors (Lipinski definition) is 3. The zero-order valence-corrected chi connectivity index (χ0v) is 10.1. The molecule has 4 heteroatoms. The van der Waals surface area contributed by atoms with Crippen LogP contribution in [0.25, 0.3) is 0 Å². The average molecular weight is 207 g/mol. The lowest BCUT2D eigenvalue weighted by Gasteiger charge is -2.09. The molecule has 0 radical (unpaired) electrons. The first-order chi connectivity index (χ1) is 6.08. The Balaban J connectivity index is 0. The van der Waals surface area contributed by atoms with Crippen molar-refractivity contribution in [2.75, 3.05) is 27.3 Å². The van der Waals surface area contributed by atoms with Crippen molar-refractivity contribution in [1.29, 1.82) is 0 Å². The van der Waals surface area contributed by atoms with E-state index >= 15 is 0 Å². The highest BCUT2D eigenvalue weighted by Gasteiger charge is 1.94. The lowest BCUT2D eigenvalue weighted by Crippen LogP contribution is -2.11. The molecule has 0 amide bonds. The third-order valence-corrected chi connectivity index (χ3v) is 1.44. The molecule has 13 heavy (non-hydrogen) atoms. The van der Waals surface area contributed by atoms with E-state index in [1.54, 1.807) is 5.49 Å². The second kappa shape index (κ2) is 11.8. The fourth-order valence-corrected chi connectivity index (χ4v) is 0.518. The second-order valence-electron chi connectivity index (χ2n) is 2.55. The van der Waals surface area contributed by atoms with Crippen molar-refractivity contribution in [2.24, 2.45) is 0 Å². The van der Waals surface area contributed by atoms with Crippen LogP contribution in [0.3, 0.4) is 0 Å². The molecule has 0 aromatic heterocycles. The first-order valence-electron chi connectivity index (χ1n) is 4.43. The summed E-state index contributed by atoms with van der Waals surface area (Å²) < 4.78 is 10.1. The predicted octanol–water partition coefficient (Wildman–Crippen LogP) is 1.91. The van der Waals surface area contributed by atoms with Gasteiger partial charge in [-0.15, -0.1) is 0 Å². The second-order valence-corrected chi connectivity index (χ2v) is 2.76. The number of rotatable bonds is 5. The van der Waals surface area contributed by atoms with Crippen LogP contribution in [0.15, 0.2) is 0 Å². The topological polar surface area (TPSA) is 21.7 Å². The van der Waals surface area contributed by atoms with Gasteiger partial charge in [0.25, 0.3) is 0 Å². The number of ether oxygens (including phenoxy) is 2. The van der Waals surface area contributed by atoms with Crippen molar-refractivity contribution in [3.8, 4) is 0 Å². The van der Waals surface area contributed by atoms with Gasteiger partial charge >= 0.3 is 0 Å². The van der Waals surface area contributed by atoms with Gasteiger partial charge in [0.15, 0.2) is 6.29 Å². The lowest BCUT2D eigenvalue weighted by atomic mass is 10.7. The summed E-state index contributed by atoms with van der Waals surface area (Å²) >= 11 is 4.48. The first-order valence-corrected chi connectivity index (χ1v) is 4.90. The van der Waals surface area contributed by atoms with Crippen molar-refractivity contribution >= 4 is 17.7 Å². The van der Waals surface area contributed by atoms with E-state index in [1.807, 2.05) is 39.8 Å². The SMILES string of the molecule is CCOC(C)OCC.CN(C)C=S. The summed E-state index contributed by atoms with van der Waals surface area (Å²) in [5, 5.41) is 0. The van der Waals surface area contributed by atoms with Crippen molar-refractivity contribution < 1.29 is 9.47 Å². The maximum absolute atomic E-state index is 5.06. The highest BCUT2D eigenvalue weighted by Crippen LogP contribution is 1.90. The standard InChI is InChI=1S/C6H14O2.C3H7NS/c1-4-7-6(3)8-5-2;1-4(2)3-5/h6H,4-5H2,1-3H3;3H,1-2H3. The van der Waals surface area contributed by atoms with Crippen molar-refractivity contribution in [3.05, 3.63) is 0 Å². The molecule has 0 saturated heterocycles. The Morgan fingerprint density at radius 3 is 1.69 bits per heavy atom. The molecule has 0 aliphatic carbocycles. The molecule has 3 nitrogen and oxygen atoms in total. The maximum atomic E-state index is 5.06. The molecule has 0 atom stereocenters. The summed E-state index contributed by atoms with van der Waals surface area (Å²) in [5.41, 5.74) is 1.58. The Labute approximate surface area is 87.0 Å². The Hall–Kier alpha value is -0.190. The van der Waals surface area contributed by atoms with Gasteiger partial charge in [0, 0.05) is 27.3 Å². The molecule has 0 aromatic carbocycles. The summed E-state index contributed by atoms with van der Waals surface area (Å²) in [4.78, 5) is 1.81. The molecular weight excluding hydrogens is 186 g/mol. The number of thiocarbonyl (C=S) groups is 1. The zero-order valence-electron chi connectivity index (χ0n) is 9.24. The average Bonchev–Trinajstić information content (AvgIpc) is 2.06. The van der Waals surface area contributed by atoms with Crippen LogP contribution in [0.2, 0.25) is 0 Å². The highest BCUT2D eigenvalue weighted by atomic mass is 32.1. The smallest absolute Gasteiger partial charge is 0.154 e. The van der Waals surface area contributed by atoms with Crippen LogP contribution in [-0.4, -0.2) is 44.0 Å². The van der Waals surface area contributed by atoms with E-state index in [1.165, 1.54) is 0 Å². The summed E-state index contributed by atoms with van der Waals surface area (Å²) in [6, 6.07) is 0. The maximum Gasteiger partial charge on any atom is 0.154 e. The normalized spacial score (nSPS) is 9.08. The van der Waals surface area contributed by atoms with Crippen molar-refractivity contribution in [3.63, 3.8) is 0 Å². The molecule has 0 rings (SSSR count). The van der Waals surface area contributed by atoms with Crippen LogP contribution in [0.5, 0.6) is 0 Å². The molecule has 0 N–H and O–H groups in total. The molecule has 0 aromatic rings. The number of nitrogens with zero attached hydrogens (tertiary/aromatic N) is 1. The zero-order chi connectivity index (χ0) is 10.7. The van der Waals surface area contributed by atoms with E-state index in [4.69, 9.17) is 9.47 Å². The van der Waals surface area contributed by atoms with Crippen LogP contribution < -0.4 is 0 Å². The van der Waals surface area contributed by atoms with Gasteiger partial charge in [-0.1, -0.05) is 12.2 Å². The molecule has 0 aliphatic rings. The van der Waals surface area contributed by atoms with Crippen LogP contribution in [0.4, 0.5) is 0 Å². The van der Waals surface area contributed by atoms with E-state index in [9.17, 15) is 0 Å². The van der Waals surface area contributed by atoms with Gasteiger partial charge in [-0.3, -0.25) is 0 Å². The Kier molecular flexibility index (Phi) is 13.9. The van der Waals surface area contributed by atoms with Gasteiger partial charge < -0.3 is 14.4 Å². The summed E-state index contributed by atoms with van der Waals surface area (Å²) in [6.45, 7) is 7.25. The summed E-state index contributed by atoms with van der Waals surface area (Å²) in [7, 11) is 3.79. The quantitative estimate of drug-likeness (QED) is 0.507. The molecule has 0 unspecified atom stereocenters. The fraction of sp³-hybridized carbons (Fsp3) is 0.889.